The van der Waals surface area contributed by atoms with Crippen molar-refractivity contribution in [1.29, 1.82) is 0 Å². The molecular formula is C23H17ClN2O. The molecular weight excluding hydrogens is 356 g/mol. The first-order valence-electron chi connectivity index (χ1n) is 8.82. The van der Waals surface area contributed by atoms with Crippen LogP contribution < -0.4 is 0 Å². The number of benzene rings is 3. The number of para-hydroxylation sites is 2. The summed E-state index contributed by atoms with van der Waals surface area (Å²) in [6.45, 7) is 0. The average Bonchev–Trinajstić information content (AvgIpc) is 3.30. The Morgan fingerprint density at radius 2 is 1.26 bits per heavy atom. The highest BCUT2D eigenvalue weighted by molar-refractivity contribution is 6.32. The lowest BCUT2D eigenvalue weighted by Gasteiger charge is -2.24. The van der Waals surface area contributed by atoms with Crippen molar-refractivity contribution < 1.29 is 5.11 Å². The van der Waals surface area contributed by atoms with Gasteiger partial charge >= 0.3 is 0 Å². The van der Waals surface area contributed by atoms with Crippen molar-refractivity contribution in [2.75, 3.05) is 0 Å². The van der Waals surface area contributed by atoms with Crippen LogP contribution in [0.5, 0.6) is 5.75 Å². The summed E-state index contributed by atoms with van der Waals surface area (Å²) in [6, 6.07) is 26.3. The maximum absolute atomic E-state index is 9.88. The molecule has 0 aliphatic heterocycles. The van der Waals surface area contributed by atoms with Crippen LogP contribution in [0, 0.1) is 0 Å². The maximum Gasteiger partial charge on any atom is 0.136 e. The number of phenolic OH excluding ortho intramolecular Hbond substituents is 1. The topological polar surface area (TPSA) is 30.1 Å². The van der Waals surface area contributed by atoms with E-state index in [1.807, 2.05) is 36.4 Å². The van der Waals surface area contributed by atoms with E-state index in [4.69, 9.17) is 11.6 Å². The molecule has 0 spiro atoms. The molecule has 132 valence electrons. The van der Waals surface area contributed by atoms with E-state index in [0.717, 1.165) is 16.6 Å². The van der Waals surface area contributed by atoms with Gasteiger partial charge in [-0.05, 0) is 52.7 Å². The second-order valence-corrected chi connectivity index (χ2v) is 7.06. The monoisotopic (exact) mass is 372 g/mol. The lowest BCUT2D eigenvalue weighted by atomic mass is 10.1. The van der Waals surface area contributed by atoms with Gasteiger partial charge in [0.1, 0.15) is 11.9 Å². The Kier molecular flexibility index (Phi) is 3.69. The molecule has 0 saturated heterocycles. The van der Waals surface area contributed by atoms with Crippen molar-refractivity contribution in [2.24, 2.45) is 0 Å². The number of phenols is 1. The number of nitrogens with zero attached hydrogens (tertiary/aromatic N) is 2. The van der Waals surface area contributed by atoms with Crippen LogP contribution >= 0.6 is 11.6 Å². The van der Waals surface area contributed by atoms with Crippen molar-refractivity contribution in [3.63, 3.8) is 0 Å². The molecule has 0 radical (unpaired) electrons. The lowest BCUT2D eigenvalue weighted by molar-refractivity contribution is 0.473. The average molecular weight is 373 g/mol. The molecule has 3 aromatic carbocycles. The molecule has 27 heavy (non-hydrogen) atoms. The van der Waals surface area contributed by atoms with Crippen molar-refractivity contribution in [1.82, 2.24) is 9.13 Å². The Morgan fingerprint density at radius 3 is 1.81 bits per heavy atom. The van der Waals surface area contributed by atoms with Gasteiger partial charge < -0.3 is 14.2 Å². The summed E-state index contributed by atoms with van der Waals surface area (Å²) in [4.78, 5) is 0. The van der Waals surface area contributed by atoms with Gasteiger partial charge in [0.25, 0.3) is 0 Å². The van der Waals surface area contributed by atoms with Crippen molar-refractivity contribution >= 4 is 33.4 Å². The third-order valence-electron chi connectivity index (χ3n) is 5.06. The van der Waals surface area contributed by atoms with Crippen LogP contribution in [0.15, 0.2) is 91.3 Å². The quantitative estimate of drug-likeness (QED) is 0.410. The zero-order valence-electron chi connectivity index (χ0n) is 14.5. The maximum atomic E-state index is 9.88. The van der Waals surface area contributed by atoms with Gasteiger partial charge in [-0.25, -0.2) is 0 Å². The number of fused-ring (bicyclic) bond motifs is 2. The minimum absolute atomic E-state index is 0.0916. The van der Waals surface area contributed by atoms with Gasteiger partial charge in [0.2, 0.25) is 0 Å². The first-order valence-corrected chi connectivity index (χ1v) is 9.20. The molecule has 0 bridgehead atoms. The SMILES string of the molecule is Oc1ccc(C(n2ccc3ccccc32)n2ccc3ccccc32)cc1Cl. The van der Waals surface area contributed by atoms with Gasteiger partial charge in [-0.15, -0.1) is 0 Å². The fraction of sp³-hybridized carbons (Fsp3) is 0.0435. The van der Waals surface area contributed by atoms with Crippen molar-refractivity contribution in [2.45, 2.75) is 6.17 Å². The van der Waals surface area contributed by atoms with Gasteiger partial charge in [-0.3, -0.25) is 0 Å². The molecule has 2 aromatic heterocycles. The van der Waals surface area contributed by atoms with Crippen LogP contribution in [-0.4, -0.2) is 14.2 Å². The van der Waals surface area contributed by atoms with E-state index in [9.17, 15) is 5.11 Å². The van der Waals surface area contributed by atoms with Gasteiger partial charge in [-0.2, -0.15) is 0 Å². The number of aromatic nitrogens is 2. The minimum Gasteiger partial charge on any atom is -0.506 e. The summed E-state index contributed by atoms with van der Waals surface area (Å²) in [5, 5.41) is 12.6. The fourth-order valence-corrected chi connectivity index (χ4v) is 3.96. The normalized spacial score (nSPS) is 11.6. The highest BCUT2D eigenvalue weighted by Crippen LogP contribution is 2.33. The second kappa shape index (κ2) is 6.22. The largest absolute Gasteiger partial charge is 0.506 e. The van der Waals surface area contributed by atoms with Gasteiger partial charge in [0, 0.05) is 12.4 Å². The molecule has 5 aromatic rings. The first-order chi connectivity index (χ1) is 13.2. The van der Waals surface area contributed by atoms with Crippen LogP contribution in [0.4, 0.5) is 0 Å². The summed E-state index contributed by atoms with van der Waals surface area (Å²) in [7, 11) is 0. The van der Waals surface area contributed by atoms with E-state index in [1.54, 1.807) is 6.07 Å². The van der Waals surface area contributed by atoms with Gasteiger partial charge in [0.15, 0.2) is 0 Å². The van der Waals surface area contributed by atoms with Crippen molar-refractivity contribution in [3.8, 4) is 5.75 Å². The van der Waals surface area contributed by atoms with E-state index < -0.39 is 0 Å². The zero-order valence-corrected chi connectivity index (χ0v) is 15.2. The van der Waals surface area contributed by atoms with E-state index in [-0.39, 0.29) is 11.9 Å². The fourth-order valence-electron chi connectivity index (χ4n) is 3.77. The van der Waals surface area contributed by atoms with Crippen LogP contribution in [-0.2, 0) is 0 Å². The van der Waals surface area contributed by atoms with E-state index >= 15 is 0 Å². The third kappa shape index (κ3) is 2.59. The second-order valence-electron chi connectivity index (χ2n) is 6.65. The molecule has 1 N–H and O–H groups in total. The zero-order chi connectivity index (χ0) is 18.4. The lowest BCUT2D eigenvalue weighted by Crippen LogP contribution is -2.18. The third-order valence-corrected chi connectivity index (χ3v) is 5.36. The summed E-state index contributed by atoms with van der Waals surface area (Å²) >= 11 is 6.25. The minimum atomic E-state index is -0.122. The standard InChI is InChI=1S/C23H17ClN2O/c24-19-15-18(9-10-22(19)27)23(25-13-11-16-5-1-3-7-20(16)25)26-14-12-17-6-2-4-8-21(17)26/h1-15,23,27H. The highest BCUT2D eigenvalue weighted by atomic mass is 35.5. The molecule has 0 atom stereocenters. The van der Waals surface area contributed by atoms with Crippen LogP contribution in [0.2, 0.25) is 5.02 Å². The van der Waals surface area contributed by atoms with Crippen LogP contribution in [0.25, 0.3) is 21.8 Å². The molecule has 3 nitrogen and oxygen atoms in total. The van der Waals surface area contributed by atoms with E-state index in [1.165, 1.54) is 10.8 Å². The summed E-state index contributed by atoms with van der Waals surface area (Å²) in [5.41, 5.74) is 3.29. The smallest absolute Gasteiger partial charge is 0.136 e. The van der Waals surface area contributed by atoms with E-state index in [0.29, 0.717) is 5.02 Å². The molecule has 0 fully saturated rings. The van der Waals surface area contributed by atoms with Crippen molar-refractivity contribution in [3.05, 3.63) is 102 Å². The number of halogens is 1. The molecule has 0 saturated carbocycles. The number of hydrogen-bond donors (Lipinski definition) is 1. The Hall–Kier alpha value is -3.17. The highest BCUT2D eigenvalue weighted by Gasteiger charge is 2.20. The molecule has 0 aliphatic carbocycles. The number of rotatable bonds is 3. The predicted molar refractivity (Wildman–Crippen MR) is 111 cm³/mol. The molecule has 2 heterocycles. The molecule has 5 rings (SSSR count). The molecule has 4 heteroatoms. The summed E-state index contributed by atoms with van der Waals surface area (Å²) in [6.07, 6.45) is 4.08. The van der Waals surface area contributed by atoms with Crippen LogP contribution in [0.1, 0.15) is 11.7 Å². The predicted octanol–water partition coefficient (Wildman–Crippen LogP) is 6.05. The van der Waals surface area contributed by atoms with Gasteiger partial charge in [-0.1, -0.05) is 54.1 Å². The summed E-state index contributed by atoms with van der Waals surface area (Å²) < 4.78 is 4.48. The first kappa shape index (κ1) is 16.0. The molecule has 0 amide bonds. The number of aromatic hydroxyl groups is 1. The molecule has 0 unspecified atom stereocenters. The Balaban J connectivity index is 1.81. The number of hydrogen-bond acceptors (Lipinski definition) is 1. The van der Waals surface area contributed by atoms with E-state index in [2.05, 4.69) is 57.9 Å². The Morgan fingerprint density at radius 1 is 0.704 bits per heavy atom. The van der Waals surface area contributed by atoms with Gasteiger partial charge in [0.05, 0.1) is 16.1 Å². The Bertz CT molecular complexity index is 1190. The molecule has 0 aliphatic rings. The van der Waals surface area contributed by atoms with Crippen LogP contribution in [0.3, 0.4) is 0 Å². The Labute approximate surface area is 161 Å². The summed E-state index contributed by atoms with van der Waals surface area (Å²) in [5.74, 6) is 0.0916.